The number of nitrogens with zero attached hydrogens (tertiary/aromatic N) is 5. The van der Waals surface area contributed by atoms with Gasteiger partial charge >= 0.3 is 0 Å². The number of nitrogens with two attached hydrogens (primary N) is 1. The molecule has 2 N–H and O–H groups in total. The fraction of sp³-hybridized carbons (Fsp3) is 0.312. The van der Waals surface area contributed by atoms with E-state index in [1.54, 1.807) is 12.4 Å². The lowest BCUT2D eigenvalue weighted by molar-refractivity contribution is 0.122. The molecule has 7 heteroatoms. The van der Waals surface area contributed by atoms with Crippen molar-refractivity contribution in [3.63, 3.8) is 0 Å². The van der Waals surface area contributed by atoms with Crippen molar-refractivity contribution < 1.29 is 4.74 Å². The van der Waals surface area contributed by atoms with Gasteiger partial charge in [-0.1, -0.05) is 0 Å². The minimum atomic E-state index is 0.495. The van der Waals surface area contributed by atoms with E-state index in [4.69, 9.17) is 10.5 Å². The van der Waals surface area contributed by atoms with Crippen LogP contribution in [0, 0.1) is 0 Å². The Hall–Kier alpha value is -2.67. The van der Waals surface area contributed by atoms with Crippen LogP contribution in [-0.2, 0) is 11.8 Å². The van der Waals surface area contributed by atoms with Crippen molar-refractivity contribution in [2.45, 2.75) is 0 Å². The first-order chi connectivity index (χ1) is 11.2. The van der Waals surface area contributed by atoms with Gasteiger partial charge in [-0.15, -0.1) is 0 Å². The van der Waals surface area contributed by atoms with Gasteiger partial charge < -0.3 is 15.4 Å². The summed E-state index contributed by atoms with van der Waals surface area (Å²) in [5, 5.41) is 5.15. The summed E-state index contributed by atoms with van der Waals surface area (Å²) in [5.41, 5.74) is 8.89. The maximum atomic E-state index is 5.94. The molecule has 0 spiro atoms. The highest BCUT2D eigenvalue weighted by molar-refractivity contribution is 5.98. The van der Waals surface area contributed by atoms with Crippen molar-refractivity contribution in [2.24, 2.45) is 7.05 Å². The van der Waals surface area contributed by atoms with E-state index in [0.717, 1.165) is 54.2 Å². The van der Waals surface area contributed by atoms with Crippen LogP contribution in [-0.4, -0.2) is 46.1 Å². The van der Waals surface area contributed by atoms with Crippen LogP contribution in [0.25, 0.3) is 22.0 Å². The molecule has 1 aliphatic rings. The Morgan fingerprint density at radius 1 is 1.09 bits per heavy atom. The Morgan fingerprint density at radius 2 is 1.91 bits per heavy atom. The van der Waals surface area contributed by atoms with Crippen molar-refractivity contribution in [3.8, 4) is 11.1 Å². The first-order valence-electron chi connectivity index (χ1n) is 7.59. The fourth-order valence-corrected chi connectivity index (χ4v) is 2.95. The topological polar surface area (TPSA) is 82.1 Å². The molecular formula is C16H18N6O. The lowest BCUT2D eigenvalue weighted by atomic mass is 10.1. The third-order valence-corrected chi connectivity index (χ3v) is 4.20. The van der Waals surface area contributed by atoms with Crippen LogP contribution in [0.1, 0.15) is 0 Å². The van der Waals surface area contributed by atoms with Gasteiger partial charge in [0.25, 0.3) is 0 Å². The van der Waals surface area contributed by atoms with Gasteiger partial charge in [0, 0.05) is 43.7 Å². The van der Waals surface area contributed by atoms with Gasteiger partial charge in [-0.25, -0.2) is 9.97 Å². The van der Waals surface area contributed by atoms with Gasteiger partial charge in [0.05, 0.1) is 30.3 Å². The minimum absolute atomic E-state index is 0.495. The van der Waals surface area contributed by atoms with Crippen LogP contribution < -0.4 is 10.6 Å². The number of aromatic nitrogens is 4. The molecule has 0 aliphatic carbocycles. The molecule has 7 nitrogen and oxygen atoms in total. The highest BCUT2D eigenvalue weighted by Gasteiger charge is 2.15. The molecule has 0 atom stereocenters. The zero-order chi connectivity index (χ0) is 15.8. The van der Waals surface area contributed by atoms with Crippen LogP contribution in [0.5, 0.6) is 0 Å². The van der Waals surface area contributed by atoms with Gasteiger partial charge in [0.15, 0.2) is 0 Å². The smallest absolute Gasteiger partial charge is 0.134 e. The van der Waals surface area contributed by atoms with Gasteiger partial charge in [-0.3, -0.25) is 4.68 Å². The molecule has 0 amide bonds. The third kappa shape index (κ3) is 2.39. The lowest BCUT2D eigenvalue weighted by Crippen LogP contribution is -2.36. The predicted molar refractivity (Wildman–Crippen MR) is 89.2 cm³/mol. The molecule has 1 aliphatic heterocycles. The monoisotopic (exact) mass is 310 g/mol. The van der Waals surface area contributed by atoms with Crippen LogP contribution in [0.3, 0.4) is 0 Å². The standard InChI is InChI=1S/C16H18N6O/c1-21-15-12(9-19-16(17)13(15)10-20-21)11-2-3-14(18-8-11)22-4-6-23-7-5-22/h2-3,8-10H,4-7H2,1H3,(H2,17,19). The zero-order valence-corrected chi connectivity index (χ0v) is 12.9. The minimum Gasteiger partial charge on any atom is -0.383 e. The second-order valence-electron chi connectivity index (χ2n) is 5.59. The summed E-state index contributed by atoms with van der Waals surface area (Å²) >= 11 is 0. The van der Waals surface area contributed by atoms with Gasteiger partial charge in [-0.2, -0.15) is 5.10 Å². The maximum Gasteiger partial charge on any atom is 0.134 e. The molecule has 118 valence electrons. The highest BCUT2D eigenvalue weighted by atomic mass is 16.5. The van der Waals surface area contributed by atoms with E-state index < -0.39 is 0 Å². The van der Waals surface area contributed by atoms with E-state index in [1.165, 1.54) is 0 Å². The normalized spacial score (nSPS) is 15.3. The van der Waals surface area contributed by atoms with Crippen LogP contribution in [0.4, 0.5) is 11.6 Å². The van der Waals surface area contributed by atoms with Crippen molar-refractivity contribution >= 4 is 22.5 Å². The SMILES string of the molecule is Cn1ncc2c(N)ncc(-c3ccc(N4CCOCC4)nc3)c21. The van der Waals surface area contributed by atoms with E-state index in [0.29, 0.717) is 5.82 Å². The van der Waals surface area contributed by atoms with Gasteiger partial charge in [0.1, 0.15) is 11.6 Å². The van der Waals surface area contributed by atoms with Gasteiger partial charge in [-0.05, 0) is 12.1 Å². The molecule has 23 heavy (non-hydrogen) atoms. The van der Waals surface area contributed by atoms with Crippen molar-refractivity contribution in [1.82, 2.24) is 19.7 Å². The number of anilines is 2. The number of morpholine rings is 1. The van der Waals surface area contributed by atoms with Crippen molar-refractivity contribution in [2.75, 3.05) is 36.9 Å². The summed E-state index contributed by atoms with van der Waals surface area (Å²) in [6, 6.07) is 4.11. The Kier molecular flexibility index (Phi) is 3.34. The molecule has 0 radical (unpaired) electrons. The number of pyridine rings is 2. The van der Waals surface area contributed by atoms with E-state index in [9.17, 15) is 0 Å². The number of fused-ring (bicyclic) bond motifs is 1. The highest BCUT2D eigenvalue weighted by Crippen LogP contribution is 2.30. The Labute approximate surface area is 133 Å². The van der Waals surface area contributed by atoms with Crippen LogP contribution in [0.2, 0.25) is 0 Å². The van der Waals surface area contributed by atoms with Crippen LogP contribution >= 0.6 is 0 Å². The summed E-state index contributed by atoms with van der Waals surface area (Å²) in [5.74, 6) is 1.47. The molecule has 1 fully saturated rings. The molecule has 0 bridgehead atoms. The molecule has 3 aromatic heterocycles. The second-order valence-corrected chi connectivity index (χ2v) is 5.59. The zero-order valence-electron chi connectivity index (χ0n) is 12.9. The number of aryl methyl sites for hydroxylation is 1. The Bertz CT molecular complexity index is 836. The molecule has 0 unspecified atom stereocenters. The third-order valence-electron chi connectivity index (χ3n) is 4.20. The number of ether oxygens (including phenoxy) is 1. The molecule has 3 aromatic rings. The maximum absolute atomic E-state index is 5.94. The molecule has 0 aromatic carbocycles. The molecule has 4 rings (SSSR count). The second kappa shape index (κ2) is 5.51. The van der Waals surface area contributed by atoms with E-state index >= 15 is 0 Å². The van der Waals surface area contributed by atoms with E-state index in [1.807, 2.05) is 24.0 Å². The molecule has 4 heterocycles. The first-order valence-corrected chi connectivity index (χ1v) is 7.59. The van der Waals surface area contributed by atoms with Crippen LogP contribution in [0.15, 0.2) is 30.7 Å². The summed E-state index contributed by atoms with van der Waals surface area (Å²) in [6.45, 7) is 3.26. The average molecular weight is 310 g/mol. The number of nitrogen functional groups attached to an aromatic ring is 1. The largest absolute Gasteiger partial charge is 0.383 e. The fourth-order valence-electron chi connectivity index (χ4n) is 2.95. The molecule has 0 saturated carbocycles. The molecular weight excluding hydrogens is 292 g/mol. The number of hydrogen-bond donors (Lipinski definition) is 1. The summed E-state index contributed by atoms with van der Waals surface area (Å²) in [4.78, 5) is 11.1. The van der Waals surface area contributed by atoms with E-state index in [2.05, 4.69) is 26.0 Å². The Balaban J connectivity index is 1.73. The number of rotatable bonds is 2. The Morgan fingerprint density at radius 3 is 2.65 bits per heavy atom. The quantitative estimate of drug-likeness (QED) is 0.771. The van der Waals surface area contributed by atoms with Crippen molar-refractivity contribution in [1.29, 1.82) is 0 Å². The average Bonchev–Trinajstić information content (AvgIpc) is 2.99. The summed E-state index contributed by atoms with van der Waals surface area (Å²) in [6.07, 6.45) is 5.41. The van der Waals surface area contributed by atoms with Crippen molar-refractivity contribution in [3.05, 3.63) is 30.7 Å². The predicted octanol–water partition coefficient (Wildman–Crippen LogP) is 1.45. The lowest BCUT2D eigenvalue weighted by Gasteiger charge is -2.27. The summed E-state index contributed by atoms with van der Waals surface area (Å²) in [7, 11) is 1.90. The number of hydrogen-bond acceptors (Lipinski definition) is 6. The van der Waals surface area contributed by atoms with Gasteiger partial charge in [0.2, 0.25) is 0 Å². The molecule has 1 saturated heterocycles. The summed E-state index contributed by atoms with van der Waals surface area (Å²) < 4.78 is 7.20. The first kappa shape index (κ1) is 14.0. The van der Waals surface area contributed by atoms with E-state index in [-0.39, 0.29) is 0 Å².